The minimum absolute atomic E-state index is 0.103. The third-order valence-corrected chi connectivity index (χ3v) is 5.49. The summed E-state index contributed by atoms with van der Waals surface area (Å²) in [5, 5.41) is 0. The van der Waals surface area contributed by atoms with Crippen LogP contribution in [-0.2, 0) is 4.74 Å². The van der Waals surface area contributed by atoms with Gasteiger partial charge in [0.05, 0.1) is 11.7 Å². The summed E-state index contributed by atoms with van der Waals surface area (Å²) in [5.74, 6) is 2.50. The van der Waals surface area contributed by atoms with Crippen LogP contribution in [0.1, 0.15) is 60.8 Å². The Morgan fingerprint density at radius 2 is 1.62 bits per heavy atom. The zero-order chi connectivity index (χ0) is 12.1. The van der Waals surface area contributed by atoms with Crippen molar-refractivity contribution in [2.24, 2.45) is 23.2 Å². The second-order valence-electron chi connectivity index (χ2n) is 7.36. The minimum atomic E-state index is 0.103. The molecule has 0 spiro atoms. The second-order valence-corrected chi connectivity index (χ2v) is 7.36. The van der Waals surface area contributed by atoms with Crippen LogP contribution in [0.2, 0.25) is 0 Å². The number of ether oxygens (including phenoxy) is 1. The Morgan fingerprint density at radius 3 is 2.00 bits per heavy atom. The van der Waals surface area contributed by atoms with Gasteiger partial charge in [-0.15, -0.1) is 0 Å². The fraction of sp³-hybridized carbons (Fsp3) is 1.00. The van der Waals surface area contributed by atoms with E-state index in [-0.39, 0.29) is 5.60 Å². The first-order chi connectivity index (χ1) is 7.24. The van der Waals surface area contributed by atoms with Gasteiger partial charge in [0.25, 0.3) is 0 Å². The van der Waals surface area contributed by atoms with Crippen molar-refractivity contribution in [1.82, 2.24) is 0 Å². The van der Waals surface area contributed by atoms with E-state index in [0.29, 0.717) is 11.5 Å². The molecule has 1 heteroatoms. The first kappa shape index (κ1) is 12.4. The molecule has 1 saturated carbocycles. The Morgan fingerprint density at radius 1 is 1.00 bits per heavy atom. The van der Waals surface area contributed by atoms with Gasteiger partial charge in [0, 0.05) is 0 Å². The summed E-state index contributed by atoms with van der Waals surface area (Å²) in [6, 6.07) is 0. The van der Waals surface area contributed by atoms with E-state index in [2.05, 4.69) is 41.5 Å². The summed E-state index contributed by atoms with van der Waals surface area (Å²) in [6.07, 6.45) is 4.50. The maximum absolute atomic E-state index is 6.10. The van der Waals surface area contributed by atoms with E-state index in [1.54, 1.807) is 0 Å². The zero-order valence-electron chi connectivity index (χ0n) is 11.8. The first-order valence-corrected chi connectivity index (χ1v) is 6.92. The van der Waals surface area contributed by atoms with Gasteiger partial charge in [-0.25, -0.2) is 0 Å². The molecule has 0 aromatic rings. The summed E-state index contributed by atoms with van der Waals surface area (Å²) in [7, 11) is 0. The highest BCUT2D eigenvalue weighted by atomic mass is 16.5. The summed E-state index contributed by atoms with van der Waals surface area (Å²) in [6.45, 7) is 14.1. The van der Waals surface area contributed by atoms with Crippen LogP contribution in [-0.4, -0.2) is 11.7 Å². The molecule has 1 saturated heterocycles. The van der Waals surface area contributed by atoms with Crippen LogP contribution in [0.25, 0.3) is 0 Å². The van der Waals surface area contributed by atoms with Gasteiger partial charge >= 0.3 is 0 Å². The molecule has 0 N–H and O–H groups in total. The van der Waals surface area contributed by atoms with Crippen molar-refractivity contribution in [2.75, 3.05) is 0 Å². The van der Waals surface area contributed by atoms with Crippen LogP contribution in [0.3, 0.4) is 0 Å². The van der Waals surface area contributed by atoms with E-state index in [4.69, 9.17) is 4.74 Å². The average molecular weight is 224 g/mol. The van der Waals surface area contributed by atoms with Gasteiger partial charge in [-0.1, -0.05) is 20.8 Å². The fourth-order valence-corrected chi connectivity index (χ4v) is 4.15. The van der Waals surface area contributed by atoms with E-state index < -0.39 is 0 Å². The maximum Gasteiger partial charge on any atom is 0.0634 e. The third kappa shape index (κ3) is 1.92. The lowest BCUT2D eigenvalue weighted by Crippen LogP contribution is -2.32. The molecule has 0 radical (unpaired) electrons. The Bertz CT molecular complexity index is 267. The lowest BCUT2D eigenvalue weighted by atomic mass is 9.68. The van der Waals surface area contributed by atoms with E-state index in [1.165, 1.54) is 19.3 Å². The zero-order valence-corrected chi connectivity index (χ0v) is 11.8. The molecular formula is C15H28O. The molecular weight excluding hydrogens is 196 g/mol. The molecule has 0 aromatic carbocycles. The molecule has 1 aliphatic carbocycles. The Labute approximate surface area is 101 Å². The van der Waals surface area contributed by atoms with Crippen molar-refractivity contribution >= 4 is 0 Å². The first-order valence-electron chi connectivity index (χ1n) is 6.92. The van der Waals surface area contributed by atoms with Crippen LogP contribution >= 0.6 is 0 Å². The topological polar surface area (TPSA) is 9.23 Å². The third-order valence-electron chi connectivity index (χ3n) is 5.49. The van der Waals surface area contributed by atoms with Gasteiger partial charge in [-0.3, -0.25) is 0 Å². The second kappa shape index (κ2) is 3.73. The predicted molar refractivity (Wildman–Crippen MR) is 68.4 cm³/mol. The molecule has 2 rings (SSSR count). The lowest BCUT2D eigenvalue weighted by molar-refractivity contribution is -0.0196. The summed E-state index contributed by atoms with van der Waals surface area (Å²) in [4.78, 5) is 0. The monoisotopic (exact) mass is 224 g/mol. The van der Waals surface area contributed by atoms with Gasteiger partial charge in [0.1, 0.15) is 0 Å². The molecule has 2 fully saturated rings. The van der Waals surface area contributed by atoms with Crippen molar-refractivity contribution in [3.8, 4) is 0 Å². The molecule has 0 amide bonds. The van der Waals surface area contributed by atoms with E-state index in [0.717, 1.165) is 17.8 Å². The molecule has 4 atom stereocenters. The predicted octanol–water partition coefficient (Wildman–Crippen LogP) is 4.26. The summed E-state index contributed by atoms with van der Waals surface area (Å²) >= 11 is 0. The number of rotatable bonds is 1. The molecule has 0 bridgehead atoms. The van der Waals surface area contributed by atoms with E-state index >= 15 is 0 Å². The summed E-state index contributed by atoms with van der Waals surface area (Å²) in [5.41, 5.74) is 0.606. The van der Waals surface area contributed by atoms with Gasteiger partial charge < -0.3 is 4.74 Å². The Balaban J connectivity index is 2.15. The van der Waals surface area contributed by atoms with Gasteiger partial charge in [0.15, 0.2) is 0 Å². The van der Waals surface area contributed by atoms with Crippen molar-refractivity contribution in [1.29, 1.82) is 0 Å². The minimum Gasteiger partial charge on any atom is -0.372 e. The molecule has 94 valence electrons. The van der Waals surface area contributed by atoms with Crippen LogP contribution in [0.4, 0.5) is 0 Å². The van der Waals surface area contributed by atoms with Crippen LogP contribution in [0, 0.1) is 23.2 Å². The molecule has 4 unspecified atom stereocenters. The molecule has 16 heavy (non-hydrogen) atoms. The maximum atomic E-state index is 6.10. The quantitative estimate of drug-likeness (QED) is 0.646. The van der Waals surface area contributed by atoms with E-state index in [9.17, 15) is 0 Å². The van der Waals surface area contributed by atoms with Crippen LogP contribution in [0.15, 0.2) is 0 Å². The SMILES string of the molecule is CC1OC(C)(C)CC1C1CCC(C)C1(C)C. The number of hydrogen-bond acceptors (Lipinski definition) is 1. The van der Waals surface area contributed by atoms with Crippen molar-refractivity contribution in [3.05, 3.63) is 0 Å². The normalized spacial score (nSPS) is 46.1. The van der Waals surface area contributed by atoms with Gasteiger partial charge in [0.2, 0.25) is 0 Å². The smallest absolute Gasteiger partial charge is 0.0634 e. The highest BCUT2D eigenvalue weighted by molar-refractivity contribution is 4.99. The number of hydrogen-bond donors (Lipinski definition) is 0. The highest BCUT2D eigenvalue weighted by Crippen LogP contribution is 2.54. The largest absolute Gasteiger partial charge is 0.372 e. The van der Waals surface area contributed by atoms with Gasteiger partial charge in [-0.05, 0) is 63.2 Å². The van der Waals surface area contributed by atoms with Gasteiger partial charge in [-0.2, -0.15) is 0 Å². The molecule has 1 heterocycles. The summed E-state index contributed by atoms with van der Waals surface area (Å²) < 4.78 is 6.10. The van der Waals surface area contributed by atoms with Crippen LogP contribution < -0.4 is 0 Å². The van der Waals surface area contributed by atoms with Crippen molar-refractivity contribution in [3.63, 3.8) is 0 Å². The molecule has 2 aliphatic rings. The Kier molecular flexibility index (Phi) is 2.89. The lowest BCUT2D eigenvalue weighted by Gasteiger charge is -2.36. The van der Waals surface area contributed by atoms with Crippen LogP contribution in [0.5, 0.6) is 0 Å². The van der Waals surface area contributed by atoms with Crippen molar-refractivity contribution < 1.29 is 4.74 Å². The van der Waals surface area contributed by atoms with E-state index in [1.807, 2.05) is 0 Å². The molecule has 0 aromatic heterocycles. The highest BCUT2D eigenvalue weighted by Gasteiger charge is 2.50. The Hall–Kier alpha value is -0.0400. The van der Waals surface area contributed by atoms with Crippen molar-refractivity contribution in [2.45, 2.75) is 72.5 Å². The molecule has 1 nitrogen and oxygen atoms in total. The fourth-order valence-electron chi connectivity index (χ4n) is 4.15. The standard InChI is InChI=1S/C15H28O/c1-10-7-8-13(15(10,5)6)12-9-14(3,4)16-11(12)2/h10-13H,7-9H2,1-6H3. The average Bonchev–Trinajstić information content (AvgIpc) is 2.52. The molecule has 1 aliphatic heterocycles.